The monoisotopic (exact) mass is 528 g/mol. The van der Waals surface area contributed by atoms with Gasteiger partial charge in [0, 0.05) is 11.8 Å². The predicted octanol–water partition coefficient (Wildman–Crippen LogP) is 5.00. The molecule has 0 spiro atoms. The molecule has 0 aliphatic carbocycles. The molecule has 1 unspecified atom stereocenters. The van der Waals surface area contributed by atoms with Crippen molar-refractivity contribution in [3.63, 3.8) is 0 Å². The van der Waals surface area contributed by atoms with Gasteiger partial charge < -0.3 is 24.1 Å². The van der Waals surface area contributed by atoms with Crippen LogP contribution in [-0.4, -0.2) is 44.2 Å². The third kappa shape index (κ3) is 5.09. The van der Waals surface area contributed by atoms with E-state index in [1.807, 2.05) is 13.0 Å². The molecular weight excluding hydrogens is 500 g/mol. The normalized spacial score (nSPS) is 16.1. The number of amides is 1. The van der Waals surface area contributed by atoms with Gasteiger partial charge in [0.1, 0.15) is 17.3 Å². The highest BCUT2D eigenvalue weighted by atomic mass is 16.5. The van der Waals surface area contributed by atoms with Crippen LogP contribution in [0.2, 0.25) is 0 Å². The van der Waals surface area contributed by atoms with Gasteiger partial charge in [0.05, 0.1) is 56.2 Å². The molecule has 39 heavy (non-hydrogen) atoms. The van der Waals surface area contributed by atoms with E-state index in [2.05, 4.69) is 0 Å². The van der Waals surface area contributed by atoms with E-state index in [4.69, 9.17) is 18.9 Å². The minimum absolute atomic E-state index is 0.123. The lowest BCUT2D eigenvalue weighted by Gasteiger charge is -2.26. The van der Waals surface area contributed by atoms with Crippen molar-refractivity contribution in [2.75, 3.05) is 32.3 Å². The molecule has 1 atom stereocenters. The summed E-state index contributed by atoms with van der Waals surface area (Å²) in [6.07, 6.45) is 0. The molecule has 200 valence electrons. The first-order valence-electron chi connectivity index (χ1n) is 12.3. The molecule has 1 fully saturated rings. The maximum Gasteiger partial charge on any atom is 0.300 e. The van der Waals surface area contributed by atoms with Gasteiger partial charge in [-0.25, -0.2) is 0 Å². The van der Waals surface area contributed by atoms with Gasteiger partial charge in [-0.3, -0.25) is 14.5 Å². The Morgan fingerprint density at radius 1 is 0.897 bits per heavy atom. The Kier molecular flexibility index (Phi) is 8.06. The van der Waals surface area contributed by atoms with Crippen LogP contribution in [0, 0.1) is 11.3 Å². The molecule has 1 saturated heterocycles. The Labute approximate surface area is 226 Å². The van der Waals surface area contributed by atoms with Crippen LogP contribution in [-0.2, 0) is 9.59 Å². The SMILES string of the molecule is CCOc1ccc(/C(O)=C2\C(=O)C(=O)N(c3ccc(C#N)cc3)C2c2ccc(OC)c(OC)c2)c(OCC)c1. The van der Waals surface area contributed by atoms with Crippen molar-refractivity contribution in [3.8, 4) is 29.1 Å². The second-order valence-electron chi connectivity index (χ2n) is 8.47. The average Bonchev–Trinajstić information content (AvgIpc) is 3.22. The minimum atomic E-state index is -1.02. The quantitative estimate of drug-likeness (QED) is 0.234. The topological polar surface area (TPSA) is 118 Å². The van der Waals surface area contributed by atoms with Gasteiger partial charge in [-0.1, -0.05) is 6.07 Å². The van der Waals surface area contributed by atoms with E-state index < -0.39 is 23.5 Å². The standard InChI is InChI=1S/C30H28N2O7/c1-5-38-21-12-13-22(24(16-21)39-6-2)28(33)26-27(19-9-14-23(36-3)25(15-19)37-4)32(30(35)29(26)34)20-10-7-18(17-31)8-11-20/h7-16,27,33H,5-6H2,1-4H3/b28-26+. The van der Waals surface area contributed by atoms with Crippen molar-refractivity contribution in [2.24, 2.45) is 0 Å². The zero-order chi connectivity index (χ0) is 28.1. The van der Waals surface area contributed by atoms with Crippen molar-refractivity contribution in [2.45, 2.75) is 19.9 Å². The van der Waals surface area contributed by atoms with Crippen molar-refractivity contribution >= 4 is 23.1 Å². The van der Waals surface area contributed by atoms with Crippen LogP contribution in [0.15, 0.2) is 66.2 Å². The highest BCUT2D eigenvalue weighted by Crippen LogP contribution is 2.45. The lowest BCUT2D eigenvalue weighted by Crippen LogP contribution is -2.29. The third-order valence-electron chi connectivity index (χ3n) is 6.26. The van der Waals surface area contributed by atoms with E-state index in [0.717, 1.165) is 0 Å². The van der Waals surface area contributed by atoms with Crippen molar-refractivity contribution in [1.82, 2.24) is 0 Å². The van der Waals surface area contributed by atoms with E-state index in [1.54, 1.807) is 67.6 Å². The molecule has 1 aliphatic heterocycles. The second kappa shape index (κ2) is 11.6. The fourth-order valence-corrected chi connectivity index (χ4v) is 4.51. The highest BCUT2D eigenvalue weighted by Gasteiger charge is 2.47. The van der Waals surface area contributed by atoms with Crippen LogP contribution >= 0.6 is 0 Å². The van der Waals surface area contributed by atoms with E-state index in [-0.39, 0.29) is 11.1 Å². The molecule has 1 heterocycles. The number of hydrogen-bond acceptors (Lipinski definition) is 8. The number of ketones is 1. The lowest BCUT2D eigenvalue weighted by molar-refractivity contribution is -0.132. The molecular formula is C30H28N2O7. The summed E-state index contributed by atoms with van der Waals surface area (Å²) in [4.78, 5) is 28.3. The Balaban J connectivity index is 1.97. The van der Waals surface area contributed by atoms with Crippen LogP contribution in [0.4, 0.5) is 5.69 Å². The number of ether oxygens (including phenoxy) is 4. The fraction of sp³-hybridized carbons (Fsp3) is 0.233. The Morgan fingerprint density at radius 2 is 1.59 bits per heavy atom. The molecule has 3 aromatic carbocycles. The Hall–Kier alpha value is -4.97. The molecule has 0 radical (unpaired) electrons. The maximum atomic E-state index is 13.5. The largest absolute Gasteiger partial charge is 0.507 e. The van der Waals surface area contributed by atoms with Gasteiger partial charge in [-0.05, 0) is 67.9 Å². The summed E-state index contributed by atoms with van der Waals surface area (Å²) in [6.45, 7) is 4.38. The van der Waals surface area contributed by atoms with E-state index in [1.165, 1.54) is 19.1 Å². The van der Waals surface area contributed by atoms with Gasteiger partial charge in [0.25, 0.3) is 11.7 Å². The first-order chi connectivity index (χ1) is 18.9. The summed E-state index contributed by atoms with van der Waals surface area (Å²) in [6, 6.07) is 17.2. The molecule has 3 aromatic rings. The molecule has 1 amide bonds. The molecule has 0 bridgehead atoms. The first-order valence-corrected chi connectivity index (χ1v) is 12.3. The summed E-state index contributed by atoms with van der Waals surface area (Å²) < 4.78 is 22.2. The van der Waals surface area contributed by atoms with E-state index in [9.17, 15) is 20.0 Å². The molecule has 1 aliphatic rings. The smallest absolute Gasteiger partial charge is 0.300 e. The number of nitriles is 1. The predicted molar refractivity (Wildman–Crippen MR) is 144 cm³/mol. The number of hydrogen-bond donors (Lipinski definition) is 1. The van der Waals surface area contributed by atoms with Crippen molar-refractivity contribution < 1.29 is 33.6 Å². The van der Waals surface area contributed by atoms with Crippen LogP contribution in [0.3, 0.4) is 0 Å². The zero-order valence-electron chi connectivity index (χ0n) is 22.1. The number of aliphatic hydroxyl groups excluding tert-OH is 1. The number of benzene rings is 3. The molecule has 4 rings (SSSR count). The molecule has 9 nitrogen and oxygen atoms in total. The Bertz CT molecular complexity index is 1470. The number of methoxy groups -OCH3 is 2. The number of carbonyl (C=O) groups excluding carboxylic acids is 2. The first kappa shape index (κ1) is 27.1. The maximum absolute atomic E-state index is 13.5. The van der Waals surface area contributed by atoms with E-state index >= 15 is 0 Å². The van der Waals surface area contributed by atoms with Crippen LogP contribution < -0.4 is 23.8 Å². The number of Topliss-reactive ketones (excluding diaryl/α,β-unsaturated/α-hetero) is 1. The third-order valence-corrected chi connectivity index (χ3v) is 6.26. The highest BCUT2D eigenvalue weighted by molar-refractivity contribution is 6.51. The van der Waals surface area contributed by atoms with Gasteiger partial charge in [0.2, 0.25) is 0 Å². The summed E-state index contributed by atoms with van der Waals surface area (Å²) in [5.74, 6) is -0.407. The molecule has 9 heteroatoms. The van der Waals surface area contributed by atoms with E-state index in [0.29, 0.717) is 53.0 Å². The average molecular weight is 529 g/mol. The Morgan fingerprint density at radius 3 is 2.21 bits per heavy atom. The second-order valence-corrected chi connectivity index (χ2v) is 8.47. The van der Waals surface area contributed by atoms with Crippen LogP contribution in [0.5, 0.6) is 23.0 Å². The summed E-state index contributed by atoms with van der Waals surface area (Å²) >= 11 is 0. The lowest BCUT2D eigenvalue weighted by atomic mass is 9.94. The molecule has 1 N–H and O–H groups in total. The molecule has 0 saturated carbocycles. The van der Waals surface area contributed by atoms with Gasteiger partial charge in [-0.2, -0.15) is 5.26 Å². The number of aliphatic hydroxyl groups is 1. The zero-order valence-corrected chi connectivity index (χ0v) is 22.1. The van der Waals surface area contributed by atoms with Gasteiger partial charge >= 0.3 is 0 Å². The van der Waals surface area contributed by atoms with Crippen molar-refractivity contribution in [3.05, 3.63) is 82.9 Å². The van der Waals surface area contributed by atoms with Gasteiger partial charge in [0.15, 0.2) is 11.5 Å². The number of nitrogens with zero attached hydrogens (tertiary/aromatic N) is 2. The van der Waals surface area contributed by atoms with Crippen LogP contribution in [0.1, 0.15) is 36.6 Å². The minimum Gasteiger partial charge on any atom is -0.507 e. The number of anilines is 1. The number of rotatable bonds is 9. The number of carbonyl (C=O) groups is 2. The molecule has 0 aromatic heterocycles. The summed E-state index contributed by atoms with van der Waals surface area (Å²) in [7, 11) is 2.98. The summed E-state index contributed by atoms with van der Waals surface area (Å²) in [5, 5.41) is 20.8. The van der Waals surface area contributed by atoms with Gasteiger partial charge in [-0.15, -0.1) is 0 Å². The van der Waals surface area contributed by atoms with Crippen LogP contribution in [0.25, 0.3) is 5.76 Å². The summed E-state index contributed by atoms with van der Waals surface area (Å²) in [5.41, 5.74) is 1.40. The fourth-order valence-electron chi connectivity index (χ4n) is 4.51. The van der Waals surface area contributed by atoms with Crippen molar-refractivity contribution in [1.29, 1.82) is 5.26 Å².